The Balaban J connectivity index is 1.66. The van der Waals surface area contributed by atoms with Crippen LogP contribution in [0.25, 0.3) is 21.5 Å². The van der Waals surface area contributed by atoms with Crippen LogP contribution in [-0.2, 0) is 0 Å². The molecule has 4 aromatic rings. The first-order valence-electron chi connectivity index (χ1n) is 8.89. The van der Waals surface area contributed by atoms with Crippen LogP contribution in [-0.4, -0.2) is 0 Å². The van der Waals surface area contributed by atoms with E-state index in [0.29, 0.717) is 0 Å². The fraction of sp³-hybridized carbons (Fsp3) is 0.167. The second-order valence-corrected chi connectivity index (χ2v) is 6.64. The summed E-state index contributed by atoms with van der Waals surface area (Å²) in [6.07, 6.45) is 0. The molecule has 25 heavy (non-hydrogen) atoms. The van der Waals surface area contributed by atoms with Gasteiger partial charge in [-0.2, -0.15) is 0 Å². The Bertz CT molecular complexity index is 925. The highest BCUT2D eigenvalue weighted by molar-refractivity contribution is 5.87. The highest BCUT2D eigenvalue weighted by atomic mass is 14.9. The van der Waals surface area contributed by atoms with Gasteiger partial charge in [-0.1, -0.05) is 84.9 Å². The molecule has 0 aliphatic heterocycles. The van der Waals surface area contributed by atoms with Crippen molar-refractivity contribution in [3.63, 3.8) is 0 Å². The van der Waals surface area contributed by atoms with E-state index in [1.54, 1.807) is 0 Å². The van der Waals surface area contributed by atoms with E-state index in [1.807, 2.05) is 0 Å². The van der Waals surface area contributed by atoms with Gasteiger partial charge in [0, 0.05) is 12.1 Å². The molecule has 0 aromatic heterocycles. The Labute approximate surface area is 149 Å². The Kier molecular flexibility index (Phi) is 4.25. The van der Waals surface area contributed by atoms with Crippen LogP contribution in [0.1, 0.15) is 37.1 Å². The third-order valence-electron chi connectivity index (χ3n) is 4.99. The quantitative estimate of drug-likeness (QED) is 0.411. The molecule has 4 aromatic carbocycles. The second kappa shape index (κ2) is 6.70. The Morgan fingerprint density at radius 2 is 0.920 bits per heavy atom. The molecular weight excluding hydrogens is 302 g/mol. The topological polar surface area (TPSA) is 14.1 Å². The zero-order valence-electron chi connectivity index (χ0n) is 14.7. The maximum Gasteiger partial charge on any atom is 0.0480 e. The minimum absolute atomic E-state index is 0.153. The van der Waals surface area contributed by atoms with Crippen LogP contribution >= 0.6 is 0 Å². The molecule has 0 aliphatic rings. The first-order valence-corrected chi connectivity index (χ1v) is 8.89. The molecule has 0 spiro atoms. The molecule has 0 amide bonds. The van der Waals surface area contributed by atoms with Gasteiger partial charge in [0.05, 0.1) is 0 Å². The zero-order valence-corrected chi connectivity index (χ0v) is 14.7. The van der Waals surface area contributed by atoms with Gasteiger partial charge in [0.2, 0.25) is 0 Å². The third-order valence-corrected chi connectivity index (χ3v) is 4.99. The fourth-order valence-electron chi connectivity index (χ4n) is 3.73. The van der Waals surface area contributed by atoms with E-state index in [2.05, 4.69) is 98.8 Å². The van der Waals surface area contributed by atoms with Gasteiger partial charge in [0.25, 0.3) is 0 Å². The Morgan fingerprint density at radius 3 is 1.40 bits per heavy atom. The van der Waals surface area contributed by atoms with E-state index in [4.69, 9.17) is 5.32 Å². The summed E-state index contributed by atoms with van der Waals surface area (Å²) in [6, 6.07) is 30.4. The SMILES string of the molecule is CC([N]C(C)c1cccc2ccccc12)c1cccc2ccccc12. The lowest BCUT2D eigenvalue weighted by atomic mass is 9.96. The first kappa shape index (κ1) is 15.9. The monoisotopic (exact) mass is 324 g/mol. The molecular formula is C24H22N. The molecule has 0 saturated heterocycles. The molecule has 2 atom stereocenters. The summed E-state index contributed by atoms with van der Waals surface area (Å²) in [7, 11) is 0. The number of fused-ring (bicyclic) bond motifs is 2. The van der Waals surface area contributed by atoms with Crippen molar-refractivity contribution in [2.24, 2.45) is 0 Å². The van der Waals surface area contributed by atoms with Crippen LogP contribution < -0.4 is 5.32 Å². The van der Waals surface area contributed by atoms with Crippen LogP contribution in [0.3, 0.4) is 0 Å². The van der Waals surface area contributed by atoms with Crippen LogP contribution in [0.2, 0.25) is 0 Å². The van der Waals surface area contributed by atoms with Gasteiger partial charge in [0.1, 0.15) is 0 Å². The second-order valence-electron chi connectivity index (χ2n) is 6.64. The molecule has 2 unspecified atom stereocenters. The van der Waals surface area contributed by atoms with Crippen LogP contribution in [0, 0.1) is 0 Å². The lowest BCUT2D eigenvalue weighted by Crippen LogP contribution is -2.15. The smallest absolute Gasteiger partial charge is 0.0480 e. The highest BCUT2D eigenvalue weighted by Gasteiger charge is 2.16. The van der Waals surface area contributed by atoms with E-state index in [9.17, 15) is 0 Å². The molecule has 0 aliphatic carbocycles. The molecule has 1 radical (unpaired) electrons. The van der Waals surface area contributed by atoms with Crippen molar-refractivity contribution in [1.29, 1.82) is 0 Å². The van der Waals surface area contributed by atoms with E-state index in [0.717, 1.165) is 0 Å². The van der Waals surface area contributed by atoms with Crippen LogP contribution in [0.4, 0.5) is 0 Å². The van der Waals surface area contributed by atoms with Crippen LogP contribution in [0.5, 0.6) is 0 Å². The minimum Gasteiger partial charge on any atom is -0.226 e. The summed E-state index contributed by atoms with van der Waals surface area (Å²) in [5.74, 6) is 0. The predicted molar refractivity (Wildman–Crippen MR) is 107 cm³/mol. The van der Waals surface area contributed by atoms with Gasteiger partial charge in [-0.25, -0.2) is 5.32 Å². The summed E-state index contributed by atoms with van der Waals surface area (Å²) < 4.78 is 0. The maximum atomic E-state index is 5.12. The summed E-state index contributed by atoms with van der Waals surface area (Å²) >= 11 is 0. The first-order chi connectivity index (χ1) is 12.2. The van der Waals surface area contributed by atoms with Crippen molar-refractivity contribution in [3.8, 4) is 0 Å². The lowest BCUT2D eigenvalue weighted by molar-refractivity contribution is 0.486. The van der Waals surface area contributed by atoms with Crippen molar-refractivity contribution in [1.82, 2.24) is 5.32 Å². The van der Waals surface area contributed by atoms with Gasteiger partial charge in [-0.15, -0.1) is 0 Å². The number of hydrogen-bond acceptors (Lipinski definition) is 0. The molecule has 1 heteroatoms. The number of rotatable bonds is 4. The van der Waals surface area contributed by atoms with Crippen molar-refractivity contribution in [3.05, 3.63) is 96.1 Å². The summed E-state index contributed by atoms with van der Waals surface area (Å²) in [6.45, 7) is 4.40. The summed E-state index contributed by atoms with van der Waals surface area (Å²) in [5.41, 5.74) is 2.59. The third kappa shape index (κ3) is 3.04. The van der Waals surface area contributed by atoms with E-state index in [1.165, 1.54) is 32.7 Å². The van der Waals surface area contributed by atoms with Gasteiger partial charge >= 0.3 is 0 Å². The maximum absolute atomic E-state index is 5.12. The molecule has 0 fully saturated rings. The lowest BCUT2D eigenvalue weighted by Gasteiger charge is -2.21. The van der Waals surface area contributed by atoms with Gasteiger partial charge in [0.15, 0.2) is 0 Å². The summed E-state index contributed by atoms with van der Waals surface area (Å²) in [5, 5.41) is 10.3. The standard InChI is InChI=1S/C24H22N/c1-17(21-15-7-11-19-9-3-5-13-23(19)21)25-18(2)22-16-8-12-20-10-4-6-14-24(20)22/h3-18H,1-2H3. The predicted octanol–water partition coefficient (Wildman–Crippen LogP) is 6.42. The van der Waals surface area contributed by atoms with Gasteiger partial charge in [-0.3, -0.25) is 0 Å². The average molecular weight is 324 g/mol. The summed E-state index contributed by atoms with van der Waals surface area (Å²) in [4.78, 5) is 0. The number of nitrogens with zero attached hydrogens (tertiary/aromatic N) is 1. The van der Waals surface area contributed by atoms with Crippen molar-refractivity contribution < 1.29 is 0 Å². The minimum atomic E-state index is 0.153. The Morgan fingerprint density at radius 1 is 0.520 bits per heavy atom. The molecule has 4 rings (SSSR count). The molecule has 1 nitrogen and oxygen atoms in total. The van der Waals surface area contributed by atoms with E-state index in [-0.39, 0.29) is 12.1 Å². The number of hydrogen-bond donors (Lipinski definition) is 0. The van der Waals surface area contributed by atoms with Crippen molar-refractivity contribution in [2.75, 3.05) is 0 Å². The fourth-order valence-corrected chi connectivity index (χ4v) is 3.73. The van der Waals surface area contributed by atoms with Gasteiger partial charge in [-0.05, 0) is 46.5 Å². The number of benzene rings is 4. The molecule has 0 heterocycles. The Hall–Kier alpha value is -2.64. The van der Waals surface area contributed by atoms with Crippen LogP contribution in [0.15, 0.2) is 84.9 Å². The average Bonchev–Trinajstić information content (AvgIpc) is 2.67. The highest BCUT2D eigenvalue weighted by Crippen LogP contribution is 2.30. The molecule has 0 bridgehead atoms. The molecule has 0 N–H and O–H groups in total. The van der Waals surface area contributed by atoms with Gasteiger partial charge < -0.3 is 0 Å². The van der Waals surface area contributed by atoms with E-state index < -0.39 is 0 Å². The molecule has 0 saturated carbocycles. The van der Waals surface area contributed by atoms with E-state index >= 15 is 0 Å². The van der Waals surface area contributed by atoms with Crippen molar-refractivity contribution >= 4 is 21.5 Å². The molecule has 123 valence electrons. The zero-order chi connectivity index (χ0) is 17.2. The largest absolute Gasteiger partial charge is 0.226 e. The van der Waals surface area contributed by atoms with Crippen molar-refractivity contribution in [2.45, 2.75) is 25.9 Å². The normalized spacial score (nSPS) is 13.8.